The van der Waals surface area contributed by atoms with Crippen LogP contribution in [0.15, 0.2) is 34.5 Å². The number of ether oxygens (including phenoxy) is 2. The van der Waals surface area contributed by atoms with E-state index in [4.69, 9.17) is 21.7 Å². The number of para-hydroxylation sites is 1. The smallest absolute Gasteiger partial charge is 0.221 e. The van der Waals surface area contributed by atoms with Crippen molar-refractivity contribution in [3.8, 4) is 5.88 Å². The molecule has 3 heterocycles. The van der Waals surface area contributed by atoms with Crippen LogP contribution in [-0.4, -0.2) is 77.2 Å². The molecule has 144 valence electrons. The highest BCUT2D eigenvalue weighted by Gasteiger charge is 2.20. The molecule has 1 N–H and O–H groups in total. The molecule has 2 aliphatic heterocycles. The number of azo groups is 1. The Hall–Kier alpha value is -2.07. The van der Waals surface area contributed by atoms with E-state index in [1.807, 2.05) is 33.7 Å². The Balaban J connectivity index is 1.61. The van der Waals surface area contributed by atoms with E-state index in [1.54, 1.807) is 0 Å². The van der Waals surface area contributed by atoms with E-state index in [-0.39, 0.29) is 5.88 Å². The van der Waals surface area contributed by atoms with Gasteiger partial charge in [0, 0.05) is 31.6 Å². The monoisotopic (exact) mass is 389 g/mol. The van der Waals surface area contributed by atoms with Crippen molar-refractivity contribution in [3.05, 3.63) is 24.3 Å². The van der Waals surface area contributed by atoms with Crippen LogP contribution in [0.5, 0.6) is 5.88 Å². The van der Waals surface area contributed by atoms with Crippen LogP contribution in [0.1, 0.15) is 0 Å². The van der Waals surface area contributed by atoms with Gasteiger partial charge in [-0.15, -0.1) is 10.2 Å². The molecule has 2 aromatic rings. The first-order chi connectivity index (χ1) is 13.2. The first-order valence-electron chi connectivity index (χ1n) is 9.13. The zero-order valence-electron chi connectivity index (χ0n) is 15.1. The predicted octanol–water partition coefficient (Wildman–Crippen LogP) is 2.34. The minimum Gasteiger partial charge on any atom is -0.493 e. The number of hydrogen-bond donors (Lipinski definition) is 1. The highest BCUT2D eigenvalue weighted by Crippen LogP contribution is 2.39. The minimum absolute atomic E-state index is 0.108. The third kappa shape index (κ3) is 3.96. The Morgan fingerprint density at radius 1 is 1.04 bits per heavy atom. The van der Waals surface area contributed by atoms with Crippen molar-refractivity contribution in [2.24, 2.45) is 10.2 Å². The molecule has 2 fully saturated rings. The number of rotatable bonds is 3. The van der Waals surface area contributed by atoms with Crippen molar-refractivity contribution in [1.82, 2.24) is 14.4 Å². The minimum atomic E-state index is 0.108. The van der Waals surface area contributed by atoms with Gasteiger partial charge in [-0.05, 0) is 18.3 Å². The Morgan fingerprint density at radius 3 is 2.44 bits per heavy atom. The standard InChI is InChI=1S/C18H23N5O3S/c24-17-16(19-20-18(27)22-7-11-26-12-8-22)14-3-1-2-4-15(14)23(17)13-21-5-9-25-10-6-21/h1-4,24H,5-13H2. The molecule has 4 rings (SSSR count). The van der Waals surface area contributed by atoms with E-state index in [9.17, 15) is 5.11 Å². The fraction of sp³-hybridized carbons (Fsp3) is 0.500. The SMILES string of the molecule is Oc1c(N=NC(=S)N2CCOCC2)c2ccccc2n1CN1CCOCC1. The van der Waals surface area contributed by atoms with Gasteiger partial charge >= 0.3 is 0 Å². The average Bonchev–Trinajstić information content (AvgIpc) is 2.99. The van der Waals surface area contributed by atoms with Crippen LogP contribution in [0.4, 0.5) is 5.69 Å². The number of aromatic nitrogens is 1. The van der Waals surface area contributed by atoms with Crippen LogP contribution in [0.2, 0.25) is 0 Å². The number of fused-ring (bicyclic) bond motifs is 1. The highest BCUT2D eigenvalue weighted by molar-refractivity contribution is 7.80. The summed E-state index contributed by atoms with van der Waals surface area (Å²) in [6, 6.07) is 7.81. The molecule has 1 aromatic heterocycles. The number of morpholine rings is 2. The maximum atomic E-state index is 10.8. The lowest BCUT2D eigenvalue weighted by molar-refractivity contribution is 0.0231. The first-order valence-corrected chi connectivity index (χ1v) is 9.53. The quantitative estimate of drug-likeness (QED) is 0.642. The van der Waals surface area contributed by atoms with Crippen LogP contribution < -0.4 is 0 Å². The van der Waals surface area contributed by atoms with Crippen LogP contribution in [0.3, 0.4) is 0 Å². The Kier molecular flexibility index (Phi) is 5.63. The van der Waals surface area contributed by atoms with Crippen LogP contribution in [-0.2, 0) is 16.1 Å². The maximum absolute atomic E-state index is 10.8. The predicted molar refractivity (Wildman–Crippen MR) is 106 cm³/mol. The van der Waals surface area contributed by atoms with Crippen molar-refractivity contribution in [3.63, 3.8) is 0 Å². The van der Waals surface area contributed by atoms with Crippen molar-refractivity contribution >= 4 is 33.9 Å². The summed E-state index contributed by atoms with van der Waals surface area (Å²) in [4.78, 5) is 4.21. The molecule has 0 unspecified atom stereocenters. The lowest BCUT2D eigenvalue weighted by atomic mass is 10.2. The molecule has 0 atom stereocenters. The van der Waals surface area contributed by atoms with E-state index in [2.05, 4.69) is 15.1 Å². The number of nitrogens with zero attached hydrogens (tertiary/aromatic N) is 5. The molecule has 9 heteroatoms. The molecular weight excluding hydrogens is 366 g/mol. The van der Waals surface area contributed by atoms with Gasteiger partial charge in [0.05, 0.1) is 38.6 Å². The zero-order valence-corrected chi connectivity index (χ0v) is 15.9. The molecule has 0 spiro atoms. The second-order valence-electron chi connectivity index (χ2n) is 6.57. The van der Waals surface area contributed by atoms with E-state index < -0.39 is 0 Å². The normalized spacial score (nSPS) is 19.2. The second kappa shape index (κ2) is 8.30. The molecule has 0 saturated carbocycles. The molecular formula is C18H23N5O3S. The summed E-state index contributed by atoms with van der Waals surface area (Å²) < 4.78 is 12.6. The molecule has 27 heavy (non-hydrogen) atoms. The van der Waals surface area contributed by atoms with E-state index in [0.717, 1.165) is 24.0 Å². The molecule has 0 aliphatic carbocycles. The van der Waals surface area contributed by atoms with Crippen molar-refractivity contribution in [2.45, 2.75) is 6.67 Å². The van der Waals surface area contributed by atoms with Gasteiger partial charge in [0.15, 0.2) is 5.69 Å². The molecule has 8 nitrogen and oxygen atoms in total. The van der Waals surface area contributed by atoms with Gasteiger partial charge in [-0.2, -0.15) is 0 Å². The lowest BCUT2D eigenvalue weighted by Crippen LogP contribution is -2.38. The average molecular weight is 389 g/mol. The second-order valence-corrected chi connectivity index (χ2v) is 6.94. The molecule has 0 bridgehead atoms. The third-order valence-corrected chi connectivity index (χ3v) is 5.22. The Morgan fingerprint density at radius 2 is 1.70 bits per heavy atom. The number of thiocarbonyl (C=S) groups is 1. The summed E-state index contributed by atoms with van der Waals surface area (Å²) in [5, 5.41) is 20.6. The third-order valence-electron chi connectivity index (χ3n) is 4.88. The van der Waals surface area contributed by atoms with E-state index >= 15 is 0 Å². The fourth-order valence-corrected chi connectivity index (χ4v) is 3.59. The Bertz CT molecular complexity index is 841. The summed E-state index contributed by atoms with van der Waals surface area (Å²) in [6.45, 7) is 6.37. The molecule has 0 amide bonds. The molecule has 2 saturated heterocycles. The van der Waals surface area contributed by atoms with Crippen LogP contribution in [0, 0.1) is 0 Å². The largest absolute Gasteiger partial charge is 0.493 e. The van der Waals surface area contributed by atoms with Crippen molar-refractivity contribution < 1.29 is 14.6 Å². The van der Waals surface area contributed by atoms with Gasteiger partial charge < -0.3 is 19.5 Å². The van der Waals surface area contributed by atoms with Crippen LogP contribution >= 0.6 is 12.2 Å². The Labute approximate surface area is 163 Å². The summed E-state index contributed by atoms with van der Waals surface area (Å²) in [5.41, 5.74) is 1.38. The van der Waals surface area contributed by atoms with Gasteiger partial charge in [0.2, 0.25) is 11.0 Å². The molecule has 0 radical (unpaired) electrons. The maximum Gasteiger partial charge on any atom is 0.221 e. The number of benzene rings is 1. The van der Waals surface area contributed by atoms with Gasteiger partial charge in [-0.1, -0.05) is 18.2 Å². The van der Waals surface area contributed by atoms with E-state index in [0.29, 0.717) is 57.0 Å². The van der Waals surface area contributed by atoms with Crippen LogP contribution in [0.25, 0.3) is 10.9 Å². The summed E-state index contributed by atoms with van der Waals surface area (Å²) in [5.74, 6) is 0.108. The lowest BCUT2D eigenvalue weighted by Gasteiger charge is -2.27. The van der Waals surface area contributed by atoms with Gasteiger partial charge in [-0.25, -0.2) is 0 Å². The molecule has 2 aliphatic rings. The summed E-state index contributed by atoms with van der Waals surface area (Å²) >= 11 is 5.38. The van der Waals surface area contributed by atoms with E-state index in [1.165, 1.54) is 0 Å². The summed E-state index contributed by atoms with van der Waals surface area (Å²) in [7, 11) is 0. The highest BCUT2D eigenvalue weighted by atomic mass is 32.1. The number of hydrogen-bond acceptors (Lipinski definition) is 6. The first kappa shape index (κ1) is 18.3. The topological polar surface area (TPSA) is 74.8 Å². The zero-order chi connectivity index (χ0) is 18.6. The molecule has 1 aromatic carbocycles. The van der Waals surface area contributed by atoms with Gasteiger partial charge in [0.25, 0.3) is 0 Å². The fourth-order valence-electron chi connectivity index (χ4n) is 3.37. The number of aromatic hydroxyl groups is 1. The van der Waals surface area contributed by atoms with Crippen molar-refractivity contribution in [1.29, 1.82) is 0 Å². The van der Waals surface area contributed by atoms with Gasteiger partial charge in [-0.3, -0.25) is 9.47 Å². The van der Waals surface area contributed by atoms with Gasteiger partial charge in [0.1, 0.15) is 0 Å². The van der Waals surface area contributed by atoms with Crippen molar-refractivity contribution in [2.75, 3.05) is 52.6 Å². The summed E-state index contributed by atoms with van der Waals surface area (Å²) in [6.07, 6.45) is 0.